The van der Waals surface area contributed by atoms with Gasteiger partial charge in [-0.1, -0.05) is 6.07 Å². The summed E-state index contributed by atoms with van der Waals surface area (Å²) in [7, 11) is 1.69. The van der Waals surface area contributed by atoms with Crippen LogP contribution in [0.3, 0.4) is 0 Å². The molecule has 0 spiro atoms. The minimum atomic E-state index is -0.723. The van der Waals surface area contributed by atoms with E-state index < -0.39 is 5.97 Å². The third-order valence-electron chi connectivity index (χ3n) is 3.65. The van der Waals surface area contributed by atoms with Crippen molar-refractivity contribution in [1.82, 2.24) is 0 Å². The molecule has 0 bridgehead atoms. The average Bonchev–Trinajstić information content (AvgIpc) is 2.38. The largest absolute Gasteiger partial charge is 0.496 e. The Morgan fingerprint density at radius 1 is 1.33 bits per heavy atom. The molecule has 0 atom stereocenters. The third kappa shape index (κ3) is 2.84. The molecule has 1 N–H and O–H groups in total. The van der Waals surface area contributed by atoms with E-state index in [1.54, 1.807) is 7.11 Å². The van der Waals surface area contributed by atoms with E-state index in [9.17, 15) is 4.79 Å². The Bertz CT molecular complexity index is 438. The van der Waals surface area contributed by atoms with Gasteiger partial charge in [-0.15, -0.1) is 0 Å². The molecule has 18 heavy (non-hydrogen) atoms. The SMILES string of the molecule is COc1ccc2c(c1CCCC(=O)O)CCCC2. The zero-order valence-electron chi connectivity index (χ0n) is 10.9. The maximum absolute atomic E-state index is 10.6. The van der Waals surface area contributed by atoms with Crippen LogP contribution < -0.4 is 4.74 Å². The van der Waals surface area contributed by atoms with Crippen LogP contribution in [-0.4, -0.2) is 18.2 Å². The number of aryl methyl sites for hydroxylation is 1. The highest BCUT2D eigenvalue weighted by atomic mass is 16.5. The summed E-state index contributed by atoms with van der Waals surface area (Å²) in [5.41, 5.74) is 4.06. The van der Waals surface area contributed by atoms with Crippen LogP contribution in [0.25, 0.3) is 0 Å². The van der Waals surface area contributed by atoms with Crippen LogP contribution in [-0.2, 0) is 24.1 Å². The monoisotopic (exact) mass is 248 g/mol. The van der Waals surface area contributed by atoms with Crippen molar-refractivity contribution in [3.05, 3.63) is 28.8 Å². The molecule has 0 radical (unpaired) electrons. The van der Waals surface area contributed by atoms with Crippen molar-refractivity contribution in [2.75, 3.05) is 7.11 Å². The predicted molar refractivity (Wildman–Crippen MR) is 70.2 cm³/mol. The minimum Gasteiger partial charge on any atom is -0.496 e. The van der Waals surface area contributed by atoms with Crippen molar-refractivity contribution < 1.29 is 14.6 Å². The standard InChI is InChI=1S/C15H20O3/c1-18-14-10-9-11-5-2-3-6-12(11)13(14)7-4-8-15(16)17/h9-10H,2-8H2,1H3,(H,16,17). The summed E-state index contributed by atoms with van der Waals surface area (Å²) >= 11 is 0. The summed E-state index contributed by atoms with van der Waals surface area (Å²) in [6.45, 7) is 0. The van der Waals surface area contributed by atoms with Crippen molar-refractivity contribution in [2.45, 2.75) is 44.9 Å². The number of ether oxygens (including phenoxy) is 1. The molecule has 0 aromatic heterocycles. The van der Waals surface area contributed by atoms with Gasteiger partial charge in [0.25, 0.3) is 0 Å². The van der Waals surface area contributed by atoms with E-state index in [-0.39, 0.29) is 6.42 Å². The minimum absolute atomic E-state index is 0.229. The Morgan fingerprint density at radius 2 is 2.11 bits per heavy atom. The van der Waals surface area contributed by atoms with Crippen molar-refractivity contribution in [1.29, 1.82) is 0 Å². The first-order valence-electron chi connectivity index (χ1n) is 6.62. The molecule has 0 aliphatic heterocycles. The number of hydrogen-bond acceptors (Lipinski definition) is 2. The molecule has 1 aliphatic carbocycles. The van der Waals surface area contributed by atoms with Gasteiger partial charge >= 0.3 is 5.97 Å². The smallest absolute Gasteiger partial charge is 0.303 e. The van der Waals surface area contributed by atoms with Gasteiger partial charge in [0.1, 0.15) is 5.75 Å². The normalized spacial score (nSPS) is 14.1. The van der Waals surface area contributed by atoms with Crippen LogP contribution in [0.5, 0.6) is 5.75 Å². The third-order valence-corrected chi connectivity index (χ3v) is 3.65. The fraction of sp³-hybridized carbons (Fsp3) is 0.533. The number of aliphatic carboxylic acids is 1. The average molecular weight is 248 g/mol. The highest BCUT2D eigenvalue weighted by Gasteiger charge is 2.16. The van der Waals surface area contributed by atoms with E-state index >= 15 is 0 Å². The number of rotatable bonds is 5. The van der Waals surface area contributed by atoms with Gasteiger partial charge in [-0.3, -0.25) is 4.79 Å². The Labute approximate surface area is 108 Å². The number of fused-ring (bicyclic) bond motifs is 1. The lowest BCUT2D eigenvalue weighted by atomic mass is 9.86. The molecule has 3 nitrogen and oxygen atoms in total. The molecule has 1 aromatic rings. The lowest BCUT2D eigenvalue weighted by Crippen LogP contribution is -2.08. The van der Waals surface area contributed by atoms with E-state index in [1.807, 2.05) is 6.07 Å². The molecule has 0 saturated heterocycles. The number of methoxy groups -OCH3 is 1. The van der Waals surface area contributed by atoms with Gasteiger partial charge in [-0.2, -0.15) is 0 Å². The van der Waals surface area contributed by atoms with Gasteiger partial charge in [0.15, 0.2) is 0 Å². The zero-order chi connectivity index (χ0) is 13.0. The zero-order valence-corrected chi connectivity index (χ0v) is 10.9. The highest BCUT2D eigenvalue weighted by molar-refractivity contribution is 5.66. The number of carbonyl (C=O) groups is 1. The fourth-order valence-electron chi connectivity index (χ4n) is 2.76. The lowest BCUT2D eigenvalue weighted by molar-refractivity contribution is -0.137. The first-order chi connectivity index (χ1) is 8.72. The Hall–Kier alpha value is -1.51. The Morgan fingerprint density at radius 3 is 2.83 bits per heavy atom. The summed E-state index contributed by atoms with van der Waals surface area (Å²) in [5, 5.41) is 8.73. The summed E-state index contributed by atoms with van der Waals surface area (Å²) in [6.07, 6.45) is 6.45. The molecule has 3 heteroatoms. The second-order valence-electron chi connectivity index (χ2n) is 4.84. The number of carboxylic acid groups (broad SMARTS) is 1. The molecule has 2 rings (SSSR count). The van der Waals surface area contributed by atoms with E-state index in [1.165, 1.54) is 29.5 Å². The van der Waals surface area contributed by atoms with E-state index in [0.717, 1.165) is 25.0 Å². The van der Waals surface area contributed by atoms with Crippen LogP contribution >= 0.6 is 0 Å². The highest BCUT2D eigenvalue weighted by Crippen LogP contribution is 2.32. The fourth-order valence-corrected chi connectivity index (χ4v) is 2.76. The maximum Gasteiger partial charge on any atom is 0.303 e. The van der Waals surface area contributed by atoms with Crippen LogP contribution in [0.2, 0.25) is 0 Å². The molecule has 0 fully saturated rings. The molecule has 1 aliphatic rings. The van der Waals surface area contributed by atoms with Gasteiger partial charge in [-0.25, -0.2) is 0 Å². The van der Waals surface area contributed by atoms with Crippen LogP contribution in [0.1, 0.15) is 42.4 Å². The summed E-state index contributed by atoms with van der Waals surface area (Å²) in [4.78, 5) is 10.6. The molecular formula is C15H20O3. The van der Waals surface area contributed by atoms with E-state index in [0.29, 0.717) is 6.42 Å². The van der Waals surface area contributed by atoms with Crippen molar-refractivity contribution in [3.8, 4) is 5.75 Å². The van der Waals surface area contributed by atoms with Gasteiger partial charge < -0.3 is 9.84 Å². The first-order valence-corrected chi connectivity index (χ1v) is 6.62. The van der Waals surface area contributed by atoms with E-state index in [4.69, 9.17) is 9.84 Å². The summed E-state index contributed by atoms with van der Waals surface area (Å²) in [5.74, 6) is 0.194. The topological polar surface area (TPSA) is 46.5 Å². The molecule has 0 amide bonds. The summed E-state index contributed by atoms with van der Waals surface area (Å²) in [6, 6.07) is 4.19. The van der Waals surface area contributed by atoms with Gasteiger partial charge in [0.05, 0.1) is 7.11 Å². The first kappa shape index (κ1) is 12.9. The predicted octanol–water partition coefficient (Wildman–Crippen LogP) is 2.98. The van der Waals surface area contributed by atoms with Crippen molar-refractivity contribution >= 4 is 5.97 Å². The molecule has 0 heterocycles. The van der Waals surface area contributed by atoms with Crippen LogP contribution in [0.15, 0.2) is 12.1 Å². The lowest BCUT2D eigenvalue weighted by Gasteiger charge is -2.21. The molecule has 1 aromatic carbocycles. The molecular weight excluding hydrogens is 228 g/mol. The number of carboxylic acids is 1. The molecule has 0 unspecified atom stereocenters. The van der Waals surface area contributed by atoms with Crippen molar-refractivity contribution in [2.24, 2.45) is 0 Å². The van der Waals surface area contributed by atoms with Crippen molar-refractivity contribution in [3.63, 3.8) is 0 Å². The Kier molecular flexibility index (Phi) is 4.24. The molecule has 0 saturated carbocycles. The van der Waals surface area contributed by atoms with Gasteiger partial charge in [0, 0.05) is 6.42 Å². The molecule has 98 valence electrons. The summed E-state index contributed by atoms with van der Waals surface area (Å²) < 4.78 is 5.42. The Balaban J connectivity index is 2.21. The number of benzene rings is 1. The second kappa shape index (κ2) is 5.89. The second-order valence-corrected chi connectivity index (χ2v) is 4.84. The van der Waals surface area contributed by atoms with Crippen LogP contribution in [0, 0.1) is 0 Å². The van der Waals surface area contributed by atoms with Gasteiger partial charge in [-0.05, 0) is 61.3 Å². The van der Waals surface area contributed by atoms with Crippen LogP contribution in [0.4, 0.5) is 0 Å². The quantitative estimate of drug-likeness (QED) is 0.871. The number of hydrogen-bond donors (Lipinski definition) is 1. The van der Waals surface area contributed by atoms with Gasteiger partial charge in [0.2, 0.25) is 0 Å². The van der Waals surface area contributed by atoms with E-state index in [2.05, 4.69) is 6.07 Å². The maximum atomic E-state index is 10.6.